The van der Waals surface area contributed by atoms with Gasteiger partial charge in [0.15, 0.2) is 0 Å². The number of rotatable bonds is 9. The van der Waals surface area contributed by atoms with Gasteiger partial charge in [0.25, 0.3) is 0 Å². The van der Waals surface area contributed by atoms with Crippen molar-refractivity contribution in [1.82, 2.24) is 10.6 Å². The summed E-state index contributed by atoms with van der Waals surface area (Å²) >= 11 is 0. The molecule has 0 aromatic carbocycles. The predicted molar refractivity (Wildman–Crippen MR) is 106 cm³/mol. The van der Waals surface area contributed by atoms with Crippen molar-refractivity contribution in [3.63, 3.8) is 0 Å². The lowest BCUT2D eigenvalue weighted by Gasteiger charge is -2.30. The summed E-state index contributed by atoms with van der Waals surface area (Å²) in [5.41, 5.74) is 0. The van der Waals surface area contributed by atoms with Gasteiger partial charge >= 0.3 is 5.97 Å². The van der Waals surface area contributed by atoms with Crippen LogP contribution in [0.2, 0.25) is 0 Å². The Morgan fingerprint density at radius 2 is 1.48 bits per heavy atom. The molecule has 1 fully saturated rings. The van der Waals surface area contributed by atoms with Crippen LogP contribution >= 0.6 is 0 Å². The van der Waals surface area contributed by atoms with Crippen molar-refractivity contribution in [3.05, 3.63) is 0 Å². The maximum absolute atomic E-state index is 12.7. The molecule has 0 bridgehead atoms. The summed E-state index contributed by atoms with van der Waals surface area (Å²) in [6.45, 7) is 9.68. The average Bonchev–Trinajstić information content (AvgIpc) is 2.63. The van der Waals surface area contributed by atoms with Crippen molar-refractivity contribution in [2.75, 3.05) is 7.11 Å². The van der Waals surface area contributed by atoms with Crippen LogP contribution in [0.4, 0.5) is 0 Å². The number of nitrogens with one attached hydrogen (secondary N) is 2. The van der Waals surface area contributed by atoms with E-state index in [0.29, 0.717) is 0 Å². The molecule has 0 radical (unpaired) electrons. The Balaban J connectivity index is 2.68. The summed E-state index contributed by atoms with van der Waals surface area (Å²) in [7, 11) is 1.31. The van der Waals surface area contributed by atoms with Gasteiger partial charge in [-0.1, -0.05) is 47.5 Å². The van der Waals surface area contributed by atoms with Gasteiger partial charge in [0, 0.05) is 5.92 Å². The van der Waals surface area contributed by atoms with Crippen molar-refractivity contribution in [2.24, 2.45) is 23.7 Å². The predicted octanol–water partition coefficient (Wildman–Crippen LogP) is 3.05. The quantitative estimate of drug-likeness (QED) is 0.600. The number of hydrogen-bond acceptors (Lipinski definition) is 4. The minimum Gasteiger partial charge on any atom is -0.467 e. The summed E-state index contributed by atoms with van der Waals surface area (Å²) in [6, 6.07) is -1.37. The molecule has 0 aromatic heterocycles. The first kappa shape index (κ1) is 23.4. The molecule has 1 saturated carbocycles. The topological polar surface area (TPSA) is 84.5 Å². The van der Waals surface area contributed by atoms with E-state index in [2.05, 4.69) is 17.6 Å². The molecule has 6 heteroatoms. The summed E-state index contributed by atoms with van der Waals surface area (Å²) in [6.07, 6.45) is 6.37. The molecule has 2 amide bonds. The summed E-state index contributed by atoms with van der Waals surface area (Å²) in [4.78, 5) is 37.4. The second kappa shape index (κ2) is 11.3. The highest BCUT2D eigenvalue weighted by atomic mass is 16.5. The lowest BCUT2D eigenvalue weighted by molar-refractivity contribution is -0.147. The van der Waals surface area contributed by atoms with E-state index in [4.69, 9.17) is 4.74 Å². The summed E-state index contributed by atoms with van der Waals surface area (Å²) in [5, 5.41) is 5.68. The Hall–Kier alpha value is -1.59. The first-order valence-corrected chi connectivity index (χ1v) is 10.4. The largest absolute Gasteiger partial charge is 0.467 e. The van der Waals surface area contributed by atoms with Gasteiger partial charge in [0.05, 0.1) is 7.11 Å². The van der Waals surface area contributed by atoms with E-state index in [1.165, 1.54) is 20.0 Å². The third kappa shape index (κ3) is 7.15. The Morgan fingerprint density at radius 1 is 0.926 bits per heavy atom. The molecule has 0 aromatic rings. The molecule has 0 spiro atoms. The zero-order valence-electron chi connectivity index (χ0n) is 17.8. The van der Waals surface area contributed by atoms with Gasteiger partial charge in [-0.05, 0) is 43.4 Å². The van der Waals surface area contributed by atoms with Gasteiger partial charge in [-0.15, -0.1) is 0 Å². The fraction of sp³-hybridized carbons (Fsp3) is 0.857. The first-order valence-electron chi connectivity index (χ1n) is 10.4. The number of hydrogen-bond donors (Lipinski definition) is 2. The smallest absolute Gasteiger partial charge is 0.328 e. The molecule has 0 heterocycles. The number of esters is 1. The molecule has 0 unspecified atom stereocenters. The van der Waals surface area contributed by atoms with E-state index in [-0.39, 0.29) is 29.6 Å². The van der Waals surface area contributed by atoms with Crippen LogP contribution in [0.15, 0.2) is 0 Å². The van der Waals surface area contributed by atoms with E-state index < -0.39 is 18.1 Å². The Kier molecular flexibility index (Phi) is 9.81. The van der Waals surface area contributed by atoms with Crippen LogP contribution in [0.25, 0.3) is 0 Å². The number of carbonyl (C=O) groups is 3. The molecular formula is C21H38N2O4. The zero-order chi connectivity index (χ0) is 20.6. The molecule has 1 rings (SSSR count). The lowest BCUT2D eigenvalue weighted by Crippen LogP contribution is -2.56. The van der Waals surface area contributed by atoms with Gasteiger partial charge in [-0.2, -0.15) is 0 Å². The highest BCUT2D eigenvalue weighted by molar-refractivity contribution is 5.91. The first-order chi connectivity index (χ1) is 12.7. The van der Waals surface area contributed by atoms with Crippen LogP contribution < -0.4 is 10.6 Å². The van der Waals surface area contributed by atoms with E-state index in [9.17, 15) is 14.4 Å². The number of carbonyl (C=O) groups excluding carboxylic acids is 3. The highest BCUT2D eigenvalue weighted by Gasteiger charge is 2.33. The van der Waals surface area contributed by atoms with E-state index in [1.54, 1.807) is 0 Å². The van der Waals surface area contributed by atoms with E-state index in [0.717, 1.165) is 31.6 Å². The van der Waals surface area contributed by atoms with Crippen molar-refractivity contribution in [1.29, 1.82) is 0 Å². The molecule has 0 saturated heterocycles. The Bertz CT molecular complexity index is 496. The monoisotopic (exact) mass is 382 g/mol. The second-order valence-corrected chi connectivity index (χ2v) is 8.49. The molecule has 1 aliphatic rings. The van der Waals surface area contributed by atoms with Crippen molar-refractivity contribution >= 4 is 17.8 Å². The minimum atomic E-state index is -0.717. The standard InChI is InChI=1S/C21H38N2O4/c1-7-8-15-9-11-16(12-10-15)19(24)22-17(13(2)3)20(25)23-18(14(4)5)21(26)27-6/h13-18H,7-12H2,1-6H3,(H,22,24)(H,23,25)/t15?,16?,17-,18+/m1/s1. The maximum Gasteiger partial charge on any atom is 0.328 e. The van der Waals surface area contributed by atoms with Crippen LogP contribution in [0.1, 0.15) is 73.1 Å². The normalized spacial score (nSPS) is 22.2. The number of methoxy groups -OCH3 is 1. The van der Waals surface area contributed by atoms with Gasteiger partial charge in [-0.25, -0.2) is 4.79 Å². The second-order valence-electron chi connectivity index (χ2n) is 8.49. The van der Waals surface area contributed by atoms with Gasteiger partial charge in [0.1, 0.15) is 12.1 Å². The Labute approximate surface area is 164 Å². The SMILES string of the molecule is CCCC1CCC(C(=O)N[C@@H](C(=O)N[C@H](C(=O)OC)C(C)C)C(C)C)CC1. The van der Waals surface area contributed by atoms with Gasteiger partial charge in [-0.3, -0.25) is 9.59 Å². The molecule has 2 atom stereocenters. The lowest BCUT2D eigenvalue weighted by atomic mass is 9.79. The van der Waals surface area contributed by atoms with Crippen LogP contribution in [0.3, 0.4) is 0 Å². The third-order valence-corrected chi connectivity index (χ3v) is 5.58. The molecule has 156 valence electrons. The summed E-state index contributed by atoms with van der Waals surface area (Å²) in [5.74, 6) is -0.306. The average molecular weight is 383 g/mol. The van der Waals surface area contributed by atoms with E-state index >= 15 is 0 Å². The third-order valence-electron chi connectivity index (χ3n) is 5.58. The highest BCUT2D eigenvalue weighted by Crippen LogP contribution is 2.31. The fourth-order valence-corrected chi connectivity index (χ4v) is 3.80. The van der Waals surface area contributed by atoms with E-state index in [1.807, 2.05) is 27.7 Å². The number of amides is 2. The molecule has 0 aliphatic heterocycles. The van der Waals surface area contributed by atoms with Crippen molar-refractivity contribution in [2.45, 2.75) is 85.2 Å². The Morgan fingerprint density at radius 3 is 1.93 bits per heavy atom. The van der Waals surface area contributed by atoms with Crippen LogP contribution in [-0.2, 0) is 19.1 Å². The molecule has 1 aliphatic carbocycles. The van der Waals surface area contributed by atoms with Crippen molar-refractivity contribution in [3.8, 4) is 0 Å². The van der Waals surface area contributed by atoms with Crippen LogP contribution in [0.5, 0.6) is 0 Å². The fourth-order valence-electron chi connectivity index (χ4n) is 3.80. The molecule has 2 N–H and O–H groups in total. The number of ether oxygens (including phenoxy) is 1. The van der Waals surface area contributed by atoms with Gasteiger partial charge < -0.3 is 15.4 Å². The maximum atomic E-state index is 12.7. The zero-order valence-corrected chi connectivity index (χ0v) is 17.8. The van der Waals surface area contributed by atoms with Gasteiger partial charge in [0.2, 0.25) is 11.8 Å². The molecular weight excluding hydrogens is 344 g/mol. The van der Waals surface area contributed by atoms with Crippen LogP contribution in [-0.4, -0.2) is 37.0 Å². The van der Waals surface area contributed by atoms with Crippen molar-refractivity contribution < 1.29 is 19.1 Å². The minimum absolute atomic E-state index is 0.0198. The summed E-state index contributed by atoms with van der Waals surface area (Å²) < 4.78 is 4.78. The molecule has 27 heavy (non-hydrogen) atoms. The molecule has 6 nitrogen and oxygen atoms in total. The van der Waals surface area contributed by atoms with Crippen LogP contribution in [0, 0.1) is 23.7 Å².